The van der Waals surface area contributed by atoms with Crippen LogP contribution in [0.4, 0.5) is 14.5 Å². The molecule has 0 heterocycles. The molecule has 0 aromatic heterocycles. The molecule has 1 rings (SSSR count). The van der Waals surface area contributed by atoms with Gasteiger partial charge in [-0.15, -0.1) is 0 Å². The predicted octanol–water partition coefficient (Wildman–Crippen LogP) is 3.11. The number of halogens is 2. The molecule has 0 aliphatic carbocycles. The van der Waals surface area contributed by atoms with Gasteiger partial charge in [-0.1, -0.05) is 13.0 Å². The van der Waals surface area contributed by atoms with Gasteiger partial charge in [0, 0.05) is 13.2 Å². The highest BCUT2D eigenvalue weighted by Gasteiger charge is 2.10. The topological polar surface area (TPSA) is 21.3 Å². The first kappa shape index (κ1) is 12.9. The van der Waals surface area contributed by atoms with Gasteiger partial charge in [-0.25, -0.2) is 8.78 Å². The van der Waals surface area contributed by atoms with Gasteiger partial charge in [0.05, 0.1) is 6.61 Å². The third-order valence-corrected chi connectivity index (χ3v) is 2.18. The second kappa shape index (κ2) is 6.43. The summed E-state index contributed by atoms with van der Waals surface area (Å²) in [6, 6.07) is 2.68. The minimum absolute atomic E-state index is 0.0694. The van der Waals surface area contributed by atoms with Gasteiger partial charge in [0.2, 0.25) is 0 Å². The number of aryl methyl sites for hydroxylation is 1. The van der Waals surface area contributed by atoms with Crippen molar-refractivity contribution in [2.45, 2.75) is 20.3 Å². The Morgan fingerprint density at radius 3 is 2.69 bits per heavy atom. The molecule has 4 heteroatoms. The van der Waals surface area contributed by atoms with Crippen molar-refractivity contribution < 1.29 is 13.5 Å². The van der Waals surface area contributed by atoms with Gasteiger partial charge in [0.15, 0.2) is 5.82 Å². The van der Waals surface area contributed by atoms with Gasteiger partial charge in [0.1, 0.15) is 11.5 Å². The zero-order chi connectivity index (χ0) is 12.0. The lowest BCUT2D eigenvalue weighted by molar-refractivity contribution is 0.144. The van der Waals surface area contributed by atoms with Crippen LogP contribution in [0.1, 0.15) is 18.9 Å². The van der Waals surface area contributed by atoms with Crippen LogP contribution in [0, 0.1) is 18.6 Å². The number of hydrogen-bond donors (Lipinski definition) is 1. The van der Waals surface area contributed by atoms with E-state index in [-0.39, 0.29) is 5.69 Å². The molecule has 0 aliphatic rings. The first-order chi connectivity index (χ1) is 7.66. The number of nitrogens with one attached hydrogen (secondary N) is 1. The average molecular weight is 229 g/mol. The molecular formula is C12H17F2NO. The predicted molar refractivity (Wildman–Crippen MR) is 60.7 cm³/mol. The van der Waals surface area contributed by atoms with Crippen LogP contribution in [0.3, 0.4) is 0 Å². The van der Waals surface area contributed by atoms with Gasteiger partial charge in [-0.05, 0) is 25.0 Å². The van der Waals surface area contributed by atoms with E-state index in [1.54, 1.807) is 6.92 Å². The fourth-order valence-electron chi connectivity index (χ4n) is 1.31. The first-order valence-corrected chi connectivity index (χ1v) is 5.43. The quantitative estimate of drug-likeness (QED) is 0.757. The van der Waals surface area contributed by atoms with E-state index in [9.17, 15) is 8.78 Å². The lowest BCUT2D eigenvalue weighted by Gasteiger charge is -2.10. The molecule has 16 heavy (non-hydrogen) atoms. The SMILES string of the molecule is CCCOCCNc1c(F)ccc(C)c1F. The van der Waals surface area contributed by atoms with Crippen LogP contribution < -0.4 is 5.32 Å². The van der Waals surface area contributed by atoms with Crippen molar-refractivity contribution in [1.29, 1.82) is 0 Å². The molecule has 0 fully saturated rings. The number of anilines is 1. The van der Waals surface area contributed by atoms with Crippen LogP contribution in [0.25, 0.3) is 0 Å². The van der Waals surface area contributed by atoms with Crippen molar-refractivity contribution in [2.24, 2.45) is 0 Å². The van der Waals surface area contributed by atoms with Crippen molar-refractivity contribution in [3.8, 4) is 0 Å². The lowest BCUT2D eigenvalue weighted by atomic mass is 10.2. The van der Waals surface area contributed by atoms with Crippen molar-refractivity contribution in [2.75, 3.05) is 25.1 Å². The molecule has 1 aromatic carbocycles. The number of benzene rings is 1. The summed E-state index contributed by atoms with van der Waals surface area (Å²) in [7, 11) is 0. The molecule has 0 atom stereocenters. The lowest BCUT2D eigenvalue weighted by Crippen LogP contribution is -2.12. The van der Waals surface area contributed by atoms with Crippen LogP contribution in [0.15, 0.2) is 12.1 Å². The number of ether oxygens (including phenoxy) is 1. The molecule has 0 aliphatic heterocycles. The van der Waals surface area contributed by atoms with Crippen LogP contribution in [0.5, 0.6) is 0 Å². The van der Waals surface area contributed by atoms with E-state index in [0.717, 1.165) is 6.42 Å². The molecule has 90 valence electrons. The zero-order valence-electron chi connectivity index (χ0n) is 9.65. The molecule has 1 N–H and O–H groups in total. The molecule has 0 radical (unpaired) electrons. The monoisotopic (exact) mass is 229 g/mol. The maximum atomic E-state index is 13.5. The Hall–Kier alpha value is -1.16. The highest BCUT2D eigenvalue weighted by molar-refractivity contribution is 5.48. The summed E-state index contributed by atoms with van der Waals surface area (Å²) in [5.41, 5.74) is 0.360. The fraction of sp³-hybridized carbons (Fsp3) is 0.500. The van der Waals surface area contributed by atoms with Crippen LogP contribution in [0.2, 0.25) is 0 Å². The summed E-state index contributed by atoms with van der Waals surface area (Å²) in [5.74, 6) is -1.10. The summed E-state index contributed by atoms with van der Waals surface area (Å²) in [6.45, 7) is 5.12. The largest absolute Gasteiger partial charge is 0.380 e. The van der Waals surface area contributed by atoms with Gasteiger partial charge < -0.3 is 10.1 Å². The second-order valence-corrected chi connectivity index (χ2v) is 3.59. The third kappa shape index (κ3) is 3.45. The minimum Gasteiger partial charge on any atom is -0.380 e. The van der Waals surface area contributed by atoms with Crippen LogP contribution in [-0.2, 0) is 4.74 Å². The smallest absolute Gasteiger partial charge is 0.152 e. The Morgan fingerprint density at radius 2 is 2.00 bits per heavy atom. The Kier molecular flexibility index (Phi) is 5.19. The second-order valence-electron chi connectivity index (χ2n) is 3.59. The maximum absolute atomic E-state index is 13.5. The van der Waals surface area contributed by atoms with E-state index in [1.165, 1.54) is 12.1 Å². The van der Waals surface area contributed by atoms with Crippen molar-refractivity contribution in [3.63, 3.8) is 0 Å². The zero-order valence-corrected chi connectivity index (χ0v) is 9.65. The Labute approximate surface area is 94.6 Å². The minimum atomic E-state index is -0.571. The average Bonchev–Trinajstić information content (AvgIpc) is 2.28. The molecule has 0 spiro atoms. The van der Waals surface area contributed by atoms with Crippen molar-refractivity contribution in [1.82, 2.24) is 0 Å². The Bertz CT molecular complexity index is 342. The first-order valence-electron chi connectivity index (χ1n) is 5.43. The Morgan fingerprint density at radius 1 is 1.25 bits per heavy atom. The molecule has 2 nitrogen and oxygen atoms in total. The maximum Gasteiger partial charge on any atom is 0.152 e. The van der Waals surface area contributed by atoms with E-state index in [0.29, 0.717) is 25.3 Å². The molecule has 0 saturated carbocycles. The highest BCUT2D eigenvalue weighted by atomic mass is 19.1. The highest BCUT2D eigenvalue weighted by Crippen LogP contribution is 2.21. The Balaban J connectivity index is 2.50. The third-order valence-electron chi connectivity index (χ3n) is 2.18. The molecule has 0 amide bonds. The van der Waals surface area contributed by atoms with Gasteiger partial charge in [-0.3, -0.25) is 0 Å². The molecular weight excluding hydrogens is 212 g/mol. The molecule has 0 unspecified atom stereocenters. The van der Waals surface area contributed by atoms with Crippen molar-refractivity contribution >= 4 is 5.69 Å². The molecule has 1 aromatic rings. The summed E-state index contributed by atoms with van der Waals surface area (Å²) in [4.78, 5) is 0. The van der Waals surface area contributed by atoms with Crippen LogP contribution in [-0.4, -0.2) is 19.8 Å². The molecule has 0 bridgehead atoms. The van der Waals surface area contributed by atoms with E-state index in [4.69, 9.17) is 4.74 Å². The fourth-order valence-corrected chi connectivity index (χ4v) is 1.31. The van der Waals surface area contributed by atoms with E-state index >= 15 is 0 Å². The standard InChI is InChI=1S/C12H17F2NO/c1-3-7-16-8-6-15-12-10(13)5-4-9(2)11(12)14/h4-5,15H,3,6-8H2,1-2H3. The number of rotatable bonds is 6. The van der Waals surface area contributed by atoms with Gasteiger partial charge in [-0.2, -0.15) is 0 Å². The van der Waals surface area contributed by atoms with E-state index in [2.05, 4.69) is 5.32 Å². The van der Waals surface area contributed by atoms with Gasteiger partial charge in [0.25, 0.3) is 0 Å². The van der Waals surface area contributed by atoms with E-state index in [1.807, 2.05) is 6.92 Å². The summed E-state index contributed by atoms with van der Waals surface area (Å²) in [6.07, 6.45) is 0.938. The normalized spacial score (nSPS) is 10.5. The summed E-state index contributed by atoms with van der Waals surface area (Å²) >= 11 is 0. The summed E-state index contributed by atoms with van der Waals surface area (Å²) in [5, 5.41) is 2.71. The van der Waals surface area contributed by atoms with Gasteiger partial charge >= 0.3 is 0 Å². The van der Waals surface area contributed by atoms with Crippen LogP contribution >= 0.6 is 0 Å². The van der Waals surface area contributed by atoms with E-state index < -0.39 is 11.6 Å². The van der Waals surface area contributed by atoms with Crippen molar-refractivity contribution in [3.05, 3.63) is 29.3 Å². The summed E-state index contributed by atoms with van der Waals surface area (Å²) < 4.78 is 32.0. The molecule has 0 saturated heterocycles. The number of hydrogen-bond acceptors (Lipinski definition) is 2.